The molecular formula is C13H14F3NO. The lowest BCUT2D eigenvalue weighted by Gasteiger charge is -2.08. The molecule has 0 amide bonds. The maximum absolute atomic E-state index is 12.6. The summed E-state index contributed by atoms with van der Waals surface area (Å²) in [6.07, 6.45) is -4.34. The zero-order valence-corrected chi connectivity index (χ0v) is 10.2. The van der Waals surface area contributed by atoms with Crippen molar-refractivity contribution in [3.63, 3.8) is 0 Å². The molecular weight excluding hydrogens is 243 g/mol. The number of rotatable bonds is 2. The fraction of sp³-hybridized carbons (Fsp3) is 0.462. The van der Waals surface area contributed by atoms with Gasteiger partial charge in [-0.25, -0.2) is 4.99 Å². The molecule has 1 aliphatic rings. The Morgan fingerprint density at radius 1 is 1.33 bits per heavy atom. The predicted molar refractivity (Wildman–Crippen MR) is 62.6 cm³/mol. The molecule has 0 spiro atoms. The van der Waals surface area contributed by atoms with Crippen molar-refractivity contribution >= 4 is 5.90 Å². The van der Waals surface area contributed by atoms with E-state index in [1.54, 1.807) is 6.07 Å². The van der Waals surface area contributed by atoms with Crippen molar-refractivity contribution in [1.82, 2.24) is 0 Å². The molecule has 1 aliphatic heterocycles. The molecule has 5 heteroatoms. The number of alkyl halides is 3. The third kappa shape index (κ3) is 2.66. The summed E-state index contributed by atoms with van der Waals surface area (Å²) in [5.74, 6) is 0.619. The van der Waals surface area contributed by atoms with Crippen molar-refractivity contribution in [2.75, 3.05) is 6.61 Å². The Morgan fingerprint density at radius 3 is 2.61 bits per heavy atom. The molecule has 0 saturated carbocycles. The van der Waals surface area contributed by atoms with Gasteiger partial charge in [-0.2, -0.15) is 13.2 Å². The van der Waals surface area contributed by atoms with Crippen LogP contribution in [-0.2, 0) is 10.9 Å². The fourth-order valence-electron chi connectivity index (χ4n) is 1.72. The van der Waals surface area contributed by atoms with E-state index in [2.05, 4.69) is 4.99 Å². The van der Waals surface area contributed by atoms with Crippen LogP contribution >= 0.6 is 0 Å². The summed E-state index contributed by atoms with van der Waals surface area (Å²) in [5.41, 5.74) is -0.299. The molecule has 1 heterocycles. The summed E-state index contributed by atoms with van der Waals surface area (Å²) in [7, 11) is 0. The van der Waals surface area contributed by atoms with Crippen LogP contribution in [-0.4, -0.2) is 18.5 Å². The second-order valence-electron chi connectivity index (χ2n) is 4.64. The van der Waals surface area contributed by atoms with E-state index in [0.29, 0.717) is 24.0 Å². The van der Waals surface area contributed by atoms with Crippen molar-refractivity contribution in [2.24, 2.45) is 10.9 Å². The first-order chi connectivity index (χ1) is 8.38. The van der Waals surface area contributed by atoms with Gasteiger partial charge in [-0.05, 0) is 24.1 Å². The van der Waals surface area contributed by atoms with Gasteiger partial charge < -0.3 is 4.74 Å². The SMILES string of the molecule is CC(C)C1COC(c2cccc(C(F)(F)F)c2)=N1. The molecule has 2 rings (SSSR count). The Hall–Kier alpha value is -1.52. The van der Waals surface area contributed by atoms with Crippen LogP contribution in [0.15, 0.2) is 29.3 Å². The lowest BCUT2D eigenvalue weighted by molar-refractivity contribution is -0.137. The van der Waals surface area contributed by atoms with Gasteiger partial charge in [0.2, 0.25) is 5.90 Å². The molecule has 1 aromatic carbocycles. The van der Waals surface area contributed by atoms with E-state index in [9.17, 15) is 13.2 Å². The molecule has 1 atom stereocenters. The second-order valence-corrected chi connectivity index (χ2v) is 4.64. The summed E-state index contributed by atoms with van der Waals surface area (Å²) >= 11 is 0. The number of nitrogens with zero attached hydrogens (tertiary/aromatic N) is 1. The van der Waals surface area contributed by atoms with Gasteiger partial charge >= 0.3 is 6.18 Å². The first-order valence-electron chi connectivity index (χ1n) is 5.76. The normalized spacial score (nSPS) is 19.9. The minimum Gasteiger partial charge on any atom is -0.475 e. The molecule has 98 valence electrons. The van der Waals surface area contributed by atoms with Crippen LogP contribution < -0.4 is 0 Å². The third-order valence-corrected chi connectivity index (χ3v) is 2.88. The fourth-order valence-corrected chi connectivity index (χ4v) is 1.72. The average Bonchev–Trinajstić information content (AvgIpc) is 2.77. The smallest absolute Gasteiger partial charge is 0.416 e. The highest BCUT2D eigenvalue weighted by Crippen LogP contribution is 2.30. The molecule has 2 nitrogen and oxygen atoms in total. The van der Waals surface area contributed by atoms with Crippen LogP contribution in [0, 0.1) is 5.92 Å². The molecule has 0 aromatic heterocycles. The van der Waals surface area contributed by atoms with Gasteiger partial charge in [0.05, 0.1) is 11.6 Å². The topological polar surface area (TPSA) is 21.6 Å². The van der Waals surface area contributed by atoms with Crippen LogP contribution in [0.2, 0.25) is 0 Å². The van der Waals surface area contributed by atoms with Gasteiger partial charge in [-0.1, -0.05) is 19.9 Å². The molecule has 0 N–H and O–H groups in total. The second kappa shape index (κ2) is 4.63. The number of aliphatic imine (C=N–C) groups is 1. The summed E-state index contributed by atoms with van der Waals surface area (Å²) in [6, 6.07) is 5.08. The number of benzene rings is 1. The highest BCUT2D eigenvalue weighted by atomic mass is 19.4. The van der Waals surface area contributed by atoms with Gasteiger partial charge in [0.25, 0.3) is 0 Å². The lowest BCUT2D eigenvalue weighted by atomic mass is 10.1. The Bertz CT molecular complexity index is 466. The highest BCUT2D eigenvalue weighted by molar-refractivity contribution is 5.95. The van der Waals surface area contributed by atoms with Crippen molar-refractivity contribution < 1.29 is 17.9 Å². The van der Waals surface area contributed by atoms with Crippen molar-refractivity contribution in [2.45, 2.75) is 26.1 Å². The van der Waals surface area contributed by atoms with E-state index in [-0.39, 0.29) is 6.04 Å². The largest absolute Gasteiger partial charge is 0.475 e. The van der Waals surface area contributed by atoms with Crippen molar-refractivity contribution in [1.29, 1.82) is 0 Å². The van der Waals surface area contributed by atoms with Gasteiger partial charge in [-0.3, -0.25) is 0 Å². The Morgan fingerprint density at radius 2 is 2.06 bits per heavy atom. The quantitative estimate of drug-likeness (QED) is 0.794. The maximum atomic E-state index is 12.6. The average molecular weight is 257 g/mol. The number of ether oxygens (including phenoxy) is 1. The zero-order valence-electron chi connectivity index (χ0n) is 10.2. The van der Waals surface area contributed by atoms with Crippen LogP contribution in [0.1, 0.15) is 25.0 Å². The highest BCUT2D eigenvalue weighted by Gasteiger charge is 2.31. The Labute approximate surface area is 103 Å². The Kier molecular flexibility index (Phi) is 3.32. The van der Waals surface area contributed by atoms with Crippen LogP contribution in [0.25, 0.3) is 0 Å². The molecule has 1 aromatic rings. The van der Waals surface area contributed by atoms with E-state index in [0.717, 1.165) is 12.1 Å². The number of halogens is 3. The Balaban J connectivity index is 2.28. The van der Waals surface area contributed by atoms with Gasteiger partial charge in [-0.15, -0.1) is 0 Å². The van der Waals surface area contributed by atoms with Crippen molar-refractivity contribution in [3.05, 3.63) is 35.4 Å². The standard InChI is InChI=1S/C13H14F3NO/c1-8(2)11-7-18-12(17-11)9-4-3-5-10(6-9)13(14,15)16/h3-6,8,11H,7H2,1-2H3. The van der Waals surface area contributed by atoms with E-state index < -0.39 is 11.7 Å². The van der Waals surface area contributed by atoms with Gasteiger partial charge in [0.15, 0.2) is 0 Å². The first kappa shape index (κ1) is 12.9. The molecule has 18 heavy (non-hydrogen) atoms. The minimum absolute atomic E-state index is 0.0227. The molecule has 0 fully saturated rings. The molecule has 0 bridgehead atoms. The summed E-state index contributed by atoms with van der Waals surface area (Å²) in [6.45, 7) is 4.45. The van der Waals surface area contributed by atoms with E-state index >= 15 is 0 Å². The van der Waals surface area contributed by atoms with Gasteiger partial charge in [0, 0.05) is 5.56 Å². The maximum Gasteiger partial charge on any atom is 0.416 e. The van der Waals surface area contributed by atoms with Gasteiger partial charge in [0.1, 0.15) is 6.61 Å². The number of hydrogen-bond acceptors (Lipinski definition) is 2. The summed E-state index contributed by atoms with van der Waals surface area (Å²) < 4.78 is 43.1. The van der Waals surface area contributed by atoms with E-state index in [1.807, 2.05) is 13.8 Å². The third-order valence-electron chi connectivity index (χ3n) is 2.88. The minimum atomic E-state index is -4.34. The molecule has 1 unspecified atom stereocenters. The summed E-state index contributed by atoms with van der Waals surface area (Å²) in [5, 5.41) is 0. The van der Waals surface area contributed by atoms with Crippen LogP contribution in [0.3, 0.4) is 0 Å². The van der Waals surface area contributed by atoms with E-state index in [1.165, 1.54) is 6.07 Å². The predicted octanol–water partition coefficient (Wildman–Crippen LogP) is 3.51. The molecule has 0 radical (unpaired) electrons. The molecule has 0 saturated heterocycles. The van der Waals surface area contributed by atoms with Crippen molar-refractivity contribution in [3.8, 4) is 0 Å². The zero-order chi connectivity index (χ0) is 13.3. The van der Waals surface area contributed by atoms with Crippen LogP contribution in [0.4, 0.5) is 13.2 Å². The lowest BCUT2D eigenvalue weighted by Crippen LogP contribution is -2.13. The van der Waals surface area contributed by atoms with Crippen LogP contribution in [0.5, 0.6) is 0 Å². The first-order valence-corrected chi connectivity index (χ1v) is 5.76. The molecule has 0 aliphatic carbocycles. The van der Waals surface area contributed by atoms with E-state index in [4.69, 9.17) is 4.74 Å². The summed E-state index contributed by atoms with van der Waals surface area (Å²) in [4.78, 5) is 4.31. The monoisotopic (exact) mass is 257 g/mol. The number of hydrogen-bond donors (Lipinski definition) is 0.